The quantitative estimate of drug-likeness (QED) is 0.921. The predicted molar refractivity (Wildman–Crippen MR) is 74.7 cm³/mol. The zero-order valence-corrected chi connectivity index (χ0v) is 11.5. The number of halogens is 1. The van der Waals surface area contributed by atoms with Crippen LogP contribution in [0.4, 0.5) is 0 Å². The van der Waals surface area contributed by atoms with Crippen LogP contribution in [0.2, 0.25) is 5.02 Å². The molecule has 17 heavy (non-hydrogen) atoms. The number of thiazole rings is 1. The number of nitrogens with two attached hydrogens (primary N) is 1. The summed E-state index contributed by atoms with van der Waals surface area (Å²) in [5.74, 6) is 0. The molecule has 2 N–H and O–H groups in total. The topological polar surface area (TPSA) is 38.9 Å². The molecule has 0 spiro atoms. The average Bonchev–Trinajstić information content (AvgIpc) is 2.60. The number of nitrogens with zero attached hydrogens (tertiary/aromatic N) is 1. The van der Waals surface area contributed by atoms with Crippen LogP contribution in [-0.4, -0.2) is 11.0 Å². The standard InChI is InChI=1S/C13H15ClN2S/c1-8(15)7-12-9(2)16-13(17-12)10-3-5-11(14)6-4-10/h3-6,8H,7,15H2,1-2H3. The van der Waals surface area contributed by atoms with E-state index in [9.17, 15) is 0 Å². The summed E-state index contributed by atoms with van der Waals surface area (Å²) in [5.41, 5.74) is 8.01. The highest BCUT2D eigenvalue weighted by atomic mass is 35.5. The van der Waals surface area contributed by atoms with Gasteiger partial charge in [0.1, 0.15) is 5.01 Å². The number of aromatic nitrogens is 1. The third-order valence-electron chi connectivity index (χ3n) is 2.49. The molecule has 4 heteroatoms. The molecule has 0 saturated carbocycles. The Kier molecular flexibility index (Phi) is 3.82. The Hall–Kier alpha value is -0.900. The van der Waals surface area contributed by atoms with Gasteiger partial charge >= 0.3 is 0 Å². The first kappa shape index (κ1) is 12.6. The molecule has 1 unspecified atom stereocenters. The number of benzene rings is 1. The lowest BCUT2D eigenvalue weighted by Crippen LogP contribution is -2.17. The number of hydrogen-bond donors (Lipinski definition) is 1. The molecule has 0 bridgehead atoms. The first-order valence-corrected chi connectivity index (χ1v) is 6.73. The molecule has 1 atom stereocenters. The van der Waals surface area contributed by atoms with E-state index in [1.54, 1.807) is 11.3 Å². The fraction of sp³-hybridized carbons (Fsp3) is 0.308. The third kappa shape index (κ3) is 3.06. The maximum absolute atomic E-state index is 5.87. The molecule has 2 nitrogen and oxygen atoms in total. The van der Waals surface area contributed by atoms with Gasteiger partial charge in [-0.05, 0) is 32.4 Å². The van der Waals surface area contributed by atoms with E-state index in [1.807, 2.05) is 38.1 Å². The minimum Gasteiger partial charge on any atom is -0.328 e. The zero-order chi connectivity index (χ0) is 12.4. The van der Waals surface area contributed by atoms with E-state index in [1.165, 1.54) is 4.88 Å². The van der Waals surface area contributed by atoms with Gasteiger partial charge in [-0.25, -0.2) is 4.98 Å². The maximum Gasteiger partial charge on any atom is 0.123 e. The molecule has 0 aliphatic heterocycles. The second kappa shape index (κ2) is 5.17. The molecule has 0 aliphatic carbocycles. The fourth-order valence-electron chi connectivity index (χ4n) is 1.63. The number of rotatable bonds is 3. The molecule has 0 saturated heterocycles. The SMILES string of the molecule is Cc1nc(-c2ccc(Cl)cc2)sc1CC(C)N. The molecule has 1 aromatic carbocycles. The van der Waals surface area contributed by atoms with Crippen molar-refractivity contribution < 1.29 is 0 Å². The molecule has 1 aromatic heterocycles. The van der Waals surface area contributed by atoms with Crippen molar-refractivity contribution >= 4 is 22.9 Å². The highest BCUT2D eigenvalue weighted by molar-refractivity contribution is 7.15. The van der Waals surface area contributed by atoms with Crippen LogP contribution >= 0.6 is 22.9 Å². The van der Waals surface area contributed by atoms with Crippen LogP contribution in [-0.2, 0) is 6.42 Å². The minimum absolute atomic E-state index is 0.173. The summed E-state index contributed by atoms with van der Waals surface area (Å²) in [6.07, 6.45) is 0.886. The molecular formula is C13H15ClN2S. The molecule has 0 radical (unpaired) electrons. The minimum atomic E-state index is 0.173. The van der Waals surface area contributed by atoms with Crippen LogP contribution in [0.5, 0.6) is 0 Å². The highest BCUT2D eigenvalue weighted by Gasteiger charge is 2.10. The molecular weight excluding hydrogens is 252 g/mol. The second-order valence-electron chi connectivity index (χ2n) is 4.22. The van der Waals surface area contributed by atoms with Gasteiger partial charge < -0.3 is 5.73 Å². The Morgan fingerprint density at radius 1 is 1.35 bits per heavy atom. The van der Waals surface area contributed by atoms with Crippen LogP contribution in [0, 0.1) is 6.92 Å². The number of aryl methyl sites for hydroxylation is 1. The summed E-state index contributed by atoms with van der Waals surface area (Å²) >= 11 is 7.58. The van der Waals surface area contributed by atoms with E-state index in [0.717, 1.165) is 27.7 Å². The third-order valence-corrected chi connectivity index (χ3v) is 3.97. The van der Waals surface area contributed by atoms with E-state index < -0.39 is 0 Å². The van der Waals surface area contributed by atoms with Crippen molar-refractivity contribution in [1.82, 2.24) is 4.98 Å². The van der Waals surface area contributed by atoms with Crippen molar-refractivity contribution in [3.05, 3.63) is 39.9 Å². The highest BCUT2D eigenvalue weighted by Crippen LogP contribution is 2.29. The summed E-state index contributed by atoms with van der Waals surface area (Å²) < 4.78 is 0. The van der Waals surface area contributed by atoms with Gasteiger partial charge in [0, 0.05) is 21.5 Å². The van der Waals surface area contributed by atoms with Crippen molar-refractivity contribution in [2.75, 3.05) is 0 Å². The summed E-state index contributed by atoms with van der Waals surface area (Å²) in [6, 6.07) is 7.94. The van der Waals surface area contributed by atoms with Gasteiger partial charge in [-0.1, -0.05) is 23.7 Å². The van der Waals surface area contributed by atoms with Crippen molar-refractivity contribution in [3.63, 3.8) is 0 Å². The fourth-order valence-corrected chi connectivity index (χ4v) is 2.96. The van der Waals surface area contributed by atoms with Gasteiger partial charge in [-0.2, -0.15) is 0 Å². The summed E-state index contributed by atoms with van der Waals surface area (Å²) in [5, 5.41) is 1.78. The van der Waals surface area contributed by atoms with Gasteiger partial charge in [0.2, 0.25) is 0 Å². The van der Waals surface area contributed by atoms with E-state index in [4.69, 9.17) is 17.3 Å². The smallest absolute Gasteiger partial charge is 0.123 e. The summed E-state index contributed by atoms with van der Waals surface area (Å²) in [6.45, 7) is 4.05. The van der Waals surface area contributed by atoms with Crippen LogP contribution < -0.4 is 5.73 Å². The first-order valence-electron chi connectivity index (χ1n) is 5.54. The predicted octanol–water partition coefficient (Wildman–Crippen LogP) is 3.66. The van der Waals surface area contributed by atoms with E-state index in [2.05, 4.69) is 4.98 Å². The van der Waals surface area contributed by atoms with E-state index in [0.29, 0.717) is 0 Å². The lowest BCUT2D eigenvalue weighted by Gasteiger charge is -2.01. The largest absolute Gasteiger partial charge is 0.328 e. The van der Waals surface area contributed by atoms with Crippen molar-refractivity contribution in [2.45, 2.75) is 26.3 Å². The van der Waals surface area contributed by atoms with Gasteiger partial charge in [0.15, 0.2) is 0 Å². The van der Waals surface area contributed by atoms with Crippen LogP contribution in [0.15, 0.2) is 24.3 Å². The molecule has 0 fully saturated rings. The van der Waals surface area contributed by atoms with E-state index >= 15 is 0 Å². The Balaban J connectivity index is 2.31. The number of hydrogen-bond acceptors (Lipinski definition) is 3. The normalized spacial score (nSPS) is 12.7. The van der Waals surface area contributed by atoms with Gasteiger partial charge in [0.25, 0.3) is 0 Å². The Labute approximate surface area is 110 Å². The average molecular weight is 267 g/mol. The first-order chi connectivity index (χ1) is 8.06. The van der Waals surface area contributed by atoms with Crippen LogP contribution in [0.3, 0.4) is 0 Å². The molecule has 0 aliphatic rings. The van der Waals surface area contributed by atoms with Crippen molar-refractivity contribution in [3.8, 4) is 10.6 Å². The molecule has 90 valence electrons. The summed E-state index contributed by atoms with van der Waals surface area (Å²) in [4.78, 5) is 5.85. The van der Waals surface area contributed by atoms with Gasteiger partial charge in [0.05, 0.1) is 5.69 Å². The maximum atomic E-state index is 5.87. The molecule has 1 heterocycles. The monoisotopic (exact) mass is 266 g/mol. The van der Waals surface area contributed by atoms with Crippen LogP contribution in [0.25, 0.3) is 10.6 Å². The van der Waals surface area contributed by atoms with Gasteiger partial charge in [-0.3, -0.25) is 0 Å². The van der Waals surface area contributed by atoms with Gasteiger partial charge in [-0.15, -0.1) is 11.3 Å². The van der Waals surface area contributed by atoms with Crippen LogP contribution in [0.1, 0.15) is 17.5 Å². The lowest BCUT2D eigenvalue weighted by atomic mass is 10.2. The zero-order valence-electron chi connectivity index (χ0n) is 9.90. The lowest BCUT2D eigenvalue weighted by molar-refractivity contribution is 0.742. The summed E-state index contributed by atoms with van der Waals surface area (Å²) in [7, 11) is 0. The van der Waals surface area contributed by atoms with Crippen molar-refractivity contribution in [2.24, 2.45) is 5.73 Å². The van der Waals surface area contributed by atoms with Crippen molar-refractivity contribution in [1.29, 1.82) is 0 Å². The molecule has 0 amide bonds. The Morgan fingerprint density at radius 3 is 2.59 bits per heavy atom. The molecule has 2 rings (SSSR count). The second-order valence-corrected chi connectivity index (χ2v) is 5.74. The van der Waals surface area contributed by atoms with E-state index in [-0.39, 0.29) is 6.04 Å². The molecule has 2 aromatic rings. The Bertz CT molecular complexity index is 503. The Morgan fingerprint density at radius 2 is 2.00 bits per heavy atom.